The van der Waals surface area contributed by atoms with Gasteiger partial charge in [0.05, 0.1) is 0 Å². The van der Waals surface area contributed by atoms with Crippen molar-refractivity contribution in [3.05, 3.63) is 60.7 Å². The molecule has 0 amide bonds. The van der Waals surface area contributed by atoms with E-state index in [1.54, 1.807) is 0 Å². The number of benzene rings is 2. The van der Waals surface area contributed by atoms with Crippen LogP contribution < -0.4 is 0 Å². The summed E-state index contributed by atoms with van der Waals surface area (Å²) in [5, 5.41) is 0. The molecule has 0 bridgehead atoms. The molecule has 76 valence electrons. The van der Waals surface area contributed by atoms with Crippen molar-refractivity contribution in [2.45, 2.75) is 0 Å². The summed E-state index contributed by atoms with van der Waals surface area (Å²) in [6, 6.07) is 20.8. The molecule has 0 radical (unpaired) electrons. The van der Waals surface area contributed by atoms with Gasteiger partial charge in [-0.1, -0.05) is 60.7 Å². The SMILES string of the molecule is O=S=O.c1ccc(-c2ccccc2)cc1. The molecule has 0 spiro atoms. The average Bonchev–Trinajstić information content (AvgIpc) is 2.32. The van der Waals surface area contributed by atoms with Gasteiger partial charge >= 0.3 is 11.6 Å². The molecule has 0 fully saturated rings. The molecule has 2 aromatic rings. The Morgan fingerprint density at radius 2 is 0.867 bits per heavy atom. The maximum Gasteiger partial charge on any atom is 0.335 e. The maximum atomic E-state index is 8.29. The van der Waals surface area contributed by atoms with Gasteiger partial charge in [-0.3, -0.25) is 0 Å². The van der Waals surface area contributed by atoms with E-state index >= 15 is 0 Å². The number of hydrogen-bond donors (Lipinski definition) is 0. The summed E-state index contributed by atoms with van der Waals surface area (Å²) in [6.45, 7) is 0. The summed E-state index contributed by atoms with van der Waals surface area (Å²) < 4.78 is 16.6. The topological polar surface area (TPSA) is 34.1 Å². The second-order valence-electron chi connectivity index (χ2n) is 2.80. The second-order valence-corrected chi connectivity index (χ2v) is 2.94. The van der Waals surface area contributed by atoms with Crippen LogP contribution in [0, 0.1) is 0 Å². The molecule has 0 saturated heterocycles. The molecule has 15 heavy (non-hydrogen) atoms. The van der Waals surface area contributed by atoms with Crippen molar-refractivity contribution >= 4 is 11.6 Å². The zero-order valence-corrected chi connectivity index (χ0v) is 8.81. The lowest BCUT2D eigenvalue weighted by atomic mass is 10.1. The van der Waals surface area contributed by atoms with Gasteiger partial charge in [0, 0.05) is 0 Å². The van der Waals surface area contributed by atoms with Gasteiger partial charge in [-0.2, -0.15) is 8.42 Å². The summed E-state index contributed by atoms with van der Waals surface area (Å²) >= 11 is -0.750. The monoisotopic (exact) mass is 218 g/mol. The van der Waals surface area contributed by atoms with Crippen LogP contribution in [0.15, 0.2) is 60.7 Å². The van der Waals surface area contributed by atoms with E-state index in [0.29, 0.717) is 0 Å². The minimum absolute atomic E-state index is 0.750. The van der Waals surface area contributed by atoms with Gasteiger partial charge < -0.3 is 0 Å². The van der Waals surface area contributed by atoms with Crippen molar-refractivity contribution in [2.75, 3.05) is 0 Å². The van der Waals surface area contributed by atoms with Crippen molar-refractivity contribution in [1.82, 2.24) is 0 Å². The Hall–Kier alpha value is -1.74. The molecule has 3 heteroatoms. The zero-order valence-electron chi connectivity index (χ0n) is 8.00. The van der Waals surface area contributed by atoms with Crippen LogP contribution in [0.1, 0.15) is 0 Å². The van der Waals surface area contributed by atoms with E-state index in [9.17, 15) is 0 Å². The van der Waals surface area contributed by atoms with Gasteiger partial charge in [-0.25, -0.2) is 0 Å². The zero-order chi connectivity index (χ0) is 10.9. The summed E-state index contributed by atoms with van der Waals surface area (Å²) in [4.78, 5) is 0. The van der Waals surface area contributed by atoms with Crippen LogP contribution in [0.25, 0.3) is 11.1 Å². The van der Waals surface area contributed by atoms with E-state index in [2.05, 4.69) is 48.5 Å². The predicted molar refractivity (Wildman–Crippen MR) is 60.8 cm³/mol. The normalized spacial score (nSPS) is 8.53. The smallest absolute Gasteiger partial charge is 0.168 e. The van der Waals surface area contributed by atoms with Gasteiger partial charge in [0.1, 0.15) is 0 Å². The quantitative estimate of drug-likeness (QED) is 0.737. The minimum Gasteiger partial charge on any atom is -0.168 e. The third kappa shape index (κ3) is 3.87. The Morgan fingerprint density at radius 3 is 1.13 bits per heavy atom. The lowest BCUT2D eigenvalue weighted by Gasteiger charge is -1.98. The van der Waals surface area contributed by atoms with Crippen molar-refractivity contribution < 1.29 is 8.42 Å². The van der Waals surface area contributed by atoms with Crippen LogP contribution in [0.2, 0.25) is 0 Å². The predicted octanol–water partition coefficient (Wildman–Crippen LogP) is 2.68. The molecule has 2 aromatic carbocycles. The van der Waals surface area contributed by atoms with Gasteiger partial charge in [0.15, 0.2) is 0 Å². The molecule has 0 aromatic heterocycles. The fourth-order valence-electron chi connectivity index (χ4n) is 1.26. The van der Waals surface area contributed by atoms with Crippen LogP contribution >= 0.6 is 0 Å². The first-order valence-corrected chi connectivity index (χ1v) is 5.07. The molecular weight excluding hydrogens is 208 g/mol. The third-order valence-electron chi connectivity index (χ3n) is 1.88. The highest BCUT2D eigenvalue weighted by atomic mass is 32.1. The highest BCUT2D eigenvalue weighted by molar-refractivity contribution is 7.51. The fourth-order valence-corrected chi connectivity index (χ4v) is 1.26. The Bertz CT molecular complexity index is 382. The summed E-state index contributed by atoms with van der Waals surface area (Å²) in [7, 11) is 0. The summed E-state index contributed by atoms with van der Waals surface area (Å²) in [6.07, 6.45) is 0. The largest absolute Gasteiger partial charge is 0.335 e. The van der Waals surface area contributed by atoms with Gasteiger partial charge in [0.2, 0.25) is 0 Å². The standard InChI is InChI=1S/C12H10.O2S/c1-3-7-11(8-4-1)12-9-5-2-6-10-12;1-3-2/h1-10H;. The molecule has 0 aliphatic rings. The van der Waals surface area contributed by atoms with E-state index in [1.165, 1.54) is 11.1 Å². The van der Waals surface area contributed by atoms with E-state index in [1.807, 2.05) is 12.1 Å². The summed E-state index contributed by atoms with van der Waals surface area (Å²) in [5.41, 5.74) is 2.55. The van der Waals surface area contributed by atoms with E-state index in [-0.39, 0.29) is 0 Å². The van der Waals surface area contributed by atoms with Crippen LogP contribution in [-0.2, 0) is 11.6 Å². The van der Waals surface area contributed by atoms with E-state index < -0.39 is 11.6 Å². The van der Waals surface area contributed by atoms with Crippen LogP contribution in [0.5, 0.6) is 0 Å². The molecule has 2 nitrogen and oxygen atoms in total. The van der Waals surface area contributed by atoms with Gasteiger partial charge in [-0.05, 0) is 11.1 Å². The second kappa shape index (κ2) is 6.68. The maximum absolute atomic E-state index is 8.29. The molecule has 2 rings (SSSR count). The Labute approximate surface area is 92.2 Å². The first-order chi connectivity index (χ1) is 7.38. The Morgan fingerprint density at radius 1 is 0.600 bits per heavy atom. The minimum atomic E-state index is -0.750. The lowest BCUT2D eigenvalue weighted by Crippen LogP contribution is -1.73. The van der Waals surface area contributed by atoms with Crippen LogP contribution in [0.3, 0.4) is 0 Å². The average molecular weight is 218 g/mol. The van der Waals surface area contributed by atoms with Crippen LogP contribution in [0.4, 0.5) is 0 Å². The van der Waals surface area contributed by atoms with Crippen molar-refractivity contribution in [1.29, 1.82) is 0 Å². The highest BCUT2D eigenvalue weighted by Gasteiger charge is 1.91. The first-order valence-electron chi connectivity index (χ1n) is 4.40. The van der Waals surface area contributed by atoms with Gasteiger partial charge in [0.25, 0.3) is 0 Å². The van der Waals surface area contributed by atoms with Crippen molar-refractivity contribution in [2.24, 2.45) is 0 Å². The fraction of sp³-hybridized carbons (Fsp3) is 0. The van der Waals surface area contributed by atoms with E-state index in [4.69, 9.17) is 8.42 Å². The molecule has 0 N–H and O–H groups in total. The Kier molecular flexibility index (Phi) is 5.04. The first kappa shape index (κ1) is 11.3. The highest BCUT2D eigenvalue weighted by Crippen LogP contribution is 2.17. The van der Waals surface area contributed by atoms with Crippen molar-refractivity contribution in [3.63, 3.8) is 0 Å². The number of hydrogen-bond acceptors (Lipinski definition) is 2. The molecule has 0 heterocycles. The number of rotatable bonds is 1. The molecule has 0 saturated carbocycles. The Balaban J connectivity index is 0.000000337. The molecule has 0 aliphatic heterocycles. The third-order valence-corrected chi connectivity index (χ3v) is 1.88. The van der Waals surface area contributed by atoms with E-state index in [0.717, 1.165) is 0 Å². The summed E-state index contributed by atoms with van der Waals surface area (Å²) in [5.74, 6) is 0. The molecular formula is C12H10O2S. The van der Waals surface area contributed by atoms with Crippen LogP contribution in [-0.4, -0.2) is 8.42 Å². The van der Waals surface area contributed by atoms with Gasteiger partial charge in [-0.15, -0.1) is 0 Å². The van der Waals surface area contributed by atoms with Crippen molar-refractivity contribution in [3.8, 4) is 11.1 Å². The molecule has 0 atom stereocenters. The lowest BCUT2D eigenvalue weighted by molar-refractivity contribution is 0.630. The molecule has 0 aliphatic carbocycles. The molecule has 0 unspecified atom stereocenters.